The summed E-state index contributed by atoms with van der Waals surface area (Å²) in [6, 6.07) is 7.68. The molecule has 4 nitrogen and oxygen atoms in total. The van der Waals surface area contributed by atoms with Gasteiger partial charge in [0, 0.05) is 10.6 Å². The first-order valence-electron chi connectivity index (χ1n) is 7.48. The van der Waals surface area contributed by atoms with Crippen LogP contribution in [0.3, 0.4) is 0 Å². The number of hydrogen-bond acceptors (Lipinski definition) is 3. The van der Waals surface area contributed by atoms with Crippen LogP contribution >= 0.6 is 34.8 Å². The second-order valence-corrected chi connectivity index (χ2v) is 7.62. The van der Waals surface area contributed by atoms with Gasteiger partial charge >= 0.3 is 0 Å². The molecule has 25 heavy (non-hydrogen) atoms. The first kappa shape index (κ1) is 18.1. The van der Waals surface area contributed by atoms with Crippen LogP contribution in [0.5, 0.6) is 5.75 Å². The van der Waals surface area contributed by atoms with Crippen LogP contribution in [0, 0.1) is 0 Å². The monoisotopic (exact) mass is 397 g/mol. The third kappa shape index (κ3) is 3.76. The minimum absolute atomic E-state index is 0.0662. The fraction of sp³-hybridized carbons (Fsp3) is 0.222. The fourth-order valence-electron chi connectivity index (χ4n) is 2.64. The number of anilines is 1. The van der Waals surface area contributed by atoms with Crippen molar-refractivity contribution in [3.8, 4) is 5.75 Å². The van der Waals surface area contributed by atoms with Crippen molar-refractivity contribution in [2.24, 2.45) is 0 Å². The standard InChI is InChI=1S/C18H14Cl3NO3/c1-18(2)8-14(23)11-5-9(3-4-15(11)25-18)17(24)22-16-12(20)6-10(19)7-13(16)21/h3-7H,8H2,1-2H3,(H,22,24). The molecule has 0 aliphatic carbocycles. The maximum atomic E-state index is 12.5. The Morgan fingerprint density at radius 1 is 1.12 bits per heavy atom. The van der Waals surface area contributed by atoms with Crippen LogP contribution in [0.2, 0.25) is 15.1 Å². The zero-order chi connectivity index (χ0) is 18.4. The van der Waals surface area contributed by atoms with E-state index in [0.29, 0.717) is 21.9 Å². The number of ketones is 1. The molecule has 7 heteroatoms. The molecule has 0 saturated carbocycles. The van der Waals surface area contributed by atoms with Crippen LogP contribution in [-0.2, 0) is 0 Å². The number of fused-ring (bicyclic) bond motifs is 1. The lowest BCUT2D eigenvalue weighted by atomic mass is 9.92. The van der Waals surface area contributed by atoms with E-state index in [4.69, 9.17) is 39.5 Å². The number of amides is 1. The number of Topliss-reactive ketones (excluding diaryl/α,β-unsaturated/α-hetero) is 1. The Balaban J connectivity index is 1.90. The second-order valence-electron chi connectivity index (χ2n) is 6.37. The van der Waals surface area contributed by atoms with Crippen LogP contribution in [-0.4, -0.2) is 17.3 Å². The van der Waals surface area contributed by atoms with Gasteiger partial charge < -0.3 is 10.1 Å². The van der Waals surface area contributed by atoms with Crippen molar-refractivity contribution >= 4 is 52.2 Å². The van der Waals surface area contributed by atoms with Crippen molar-refractivity contribution in [1.29, 1.82) is 0 Å². The highest BCUT2D eigenvalue weighted by atomic mass is 35.5. The summed E-state index contributed by atoms with van der Waals surface area (Å²) in [6.45, 7) is 3.69. The first-order valence-corrected chi connectivity index (χ1v) is 8.62. The van der Waals surface area contributed by atoms with Crippen molar-refractivity contribution in [3.63, 3.8) is 0 Å². The van der Waals surface area contributed by atoms with Crippen molar-refractivity contribution in [3.05, 3.63) is 56.5 Å². The third-order valence-corrected chi connectivity index (χ3v) is 4.57. The topological polar surface area (TPSA) is 55.4 Å². The molecule has 1 aliphatic heterocycles. The molecular formula is C18H14Cl3NO3. The molecule has 1 N–H and O–H groups in total. The van der Waals surface area contributed by atoms with Gasteiger partial charge in [-0.05, 0) is 44.2 Å². The van der Waals surface area contributed by atoms with Crippen molar-refractivity contribution in [2.75, 3.05) is 5.32 Å². The molecule has 3 rings (SSSR count). The highest BCUT2D eigenvalue weighted by Gasteiger charge is 2.32. The van der Waals surface area contributed by atoms with Crippen molar-refractivity contribution < 1.29 is 14.3 Å². The van der Waals surface area contributed by atoms with Crippen LogP contribution in [0.15, 0.2) is 30.3 Å². The molecule has 0 atom stereocenters. The van der Waals surface area contributed by atoms with E-state index in [9.17, 15) is 9.59 Å². The van der Waals surface area contributed by atoms with Crippen LogP contribution in [0.1, 0.15) is 41.0 Å². The smallest absolute Gasteiger partial charge is 0.255 e. The third-order valence-electron chi connectivity index (χ3n) is 3.76. The summed E-state index contributed by atoms with van der Waals surface area (Å²) in [5.74, 6) is -0.0321. The van der Waals surface area contributed by atoms with Gasteiger partial charge in [-0.25, -0.2) is 0 Å². The lowest BCUT2D eigenvalue weighted by Crippen LogP contribution is -2.36. The number of benzene rings is 2. The minimum atomic E-state index is -0.557. The zero-order valence-electron chi connectivity index (χ0n) is 13.5. The van der Waals surface area contributed by atoms with Crippen LogP contribution in [0.25, 0.3) is 0 Å². The fourth-order valence-corrected chi connectivity index (χ4v) is 3.55. The summed E-state index contributed by atoms with van der Waals surface area (Å²) in [4.78, 5) is 24.8. The maximum Gasteiger partial charge on any atom is 0.255 e. The van der Waals surface area contributed by atoms with Crippen LogP contribution < -0.4 is 10.1 Å². The van der Waals surface area contributed by atoms with E-state index in [1.165, 1.54) is 18.2 Å². The average molecular weight is 399 g/mol. The number of ether oxygens (including phenoxy) is 1. The van der Waals surface area contributed by atoms with Crippen molar-refractivity contribution in [1.82, 2.24) is 0 Å². The SMILES string of the molecule is CC1(C)CC(=O)c2cc(C(=O)Nc3c(Cl)cc(Cl)cc3Cl)ccc2O1. The number of hydrogen-bond donors (Lipinski definition) is 1. The van der Waals surface area contributed by atoms with Crippen molar-refractivity contribution in [2.45, 2.75) is 25.9 Å². The normalized spacial score (nSPS) is 15.3. The Bertz CT molecular complexity index is 870. The van der Waals surface area contributed by atoms with Gasteiger partial charge in [-0.15, -0.1) is 0 Å². The Morgan fingerprint density at radius 2 is 1.76 bits per heavy atom. The number of carbonyl (C=O) groups excluding carboxylic acids is 2. The summed E-state index contributed by atoms with van der Waals surface area (Å²) in [5.41, 5.74) is 0.398. The molecule has 0 aromatic heterocycles. The molecule has 0 spiro atoms. The number of carbonyl (C=O) groups is 2. The van der Waals surface area contributed by atoms with Gasteiger partial charge in [0.1, 0.15) is 11.4 Å². The molecule has 0 bridgehead atoms. The number of nitrogens with one attached hydrogen (secondary N) is 1. The maximum absolute atomic E-state index is 12.5. The van der Waals surface area contributed by atoms with Gasteiger partial charge in [-0.2, -0.15) is 0 Å². The predicted molar refractivity (Wildman–Crippen MR) is 99.5 cm³/mol. The van der Waals surface area contributed by atoms with Gasteiger partial charge in [0.2, 0.25) is 0 Å². The summed E-state index contributed by atoms with van der Waals surface area (Å²) in [5, 5.41) is 3.47. The minimum Gasteiger partial charge on any atom is -0.487 e. The second kappa shape index (κ2) is 6.52. The highest BCUT2D eigenvalue weighted by Crippen LogP contribution is 2.35. The molecule has 0 radical (unpaired) electrons. The van der Waals surface area contributed by atoms with E-state index in [1.807, 2.05) is 13.8 Å². The summed E-state index contributed by atoms with van der Waals surface area (Å²) < 4.78 is 5.78. The van der Waals surface area contributed by atoms with Gasteiger partial charge in [0.25, 0.3) is 5.91 Å². The molecule has 1 amide bonds. The molecule has 0 fully saturated rings. The largest absolute Gasteiger partial charge is 0.487 e. The predicted octanol–water partition coefficient (Wildman–Crippen LogP) is 5.64. The van der Waals surface area contributed by atoms with Gasteiger partial charge in [-0.1, -0.05) is 34.8 Å². The van der Waals surface area contributed by atoms with Crippen LogP contribution in [0.4, 0.5) is 5.69 Å². The van der Waals surface area contributed by atoms with E-state index >= 15 is 0 Å². The van der Waals surface area contributed by atoms with E-state index in [1.54, 1.807) is 12.1 Å². The average Bonchev–Trinajstić information content (AvgIpc) is 2.49. The Labute approximate surface area is 160 Å². The van der Waals surface area contributed by atoms with E-state index in [-0.39, 0.29) is 27.9 Å². The van der Waals surface area contributed by atoms with Gasteiger partial charge in [0.05, 0.1) is 27.7 Å². The van der Waals surface area contributed by atoms with E-state index in [0.717, 1.165) is 0 Å². The summed E-state index contributed by atoms with van der Waals surface area (Å²) in [7, 11) is 0. The number of rotatable bonds is 2. The molecule has 1 aliphatic rings. The molecule has 130 valence electrons. The molecule has 0 saturated heterocycles. The zero-order valence-corrected chi connectivity index (χ0v) is 15.7. The Hall–Kier alpha value is -1.75. The quantitative estimate of drug-likeness (QED) is 0.712. The lowest BCUT2D eigenvalue weighted by Gasteiger charge is -2.31. The molecule has 2 aromatic carbocycles. The first-order chi connectivity index (χ1) is 11.7. The Kier molecular flexibility index (Phi) is 4.71. The summed E-state index contributed by atoms with van der Waals surface area (Å²) >= 11 is 18.0. The molecular weight excluding hydrogens is 385 g/mol. The van der Waals surface area contributed by atoms with E-state index in [2.05, 4.69) is 5.32 Å². The number of halogens is 3. The Morgan fingerprint density at radius 3 is 2.40 bits per heavy atom. The summed E-state index contributed by atoms with van der Waals surface area (Å²) in [6.07, 6.45) is 0.250. The van der Waals surface area contributed by atoms with Gasteiger partial charge in [0.15, 0.2) is 5.78 Å². The molecule has 2 aromatic rings. The highest BCUT2D eigenvalue weighted by molar-refractivity contribution is 6.42. The molecule has 1 heterocycles. The molecule has 0 unspecified atom stereocenters. The van der Waals surface area contributed by atoms with Gasteiger partial charge in [-0.3, -0.25) is 9.59 Å². The lowest BCUT2D eigenvalue weighted by molar-refractivity contribution is 0.0620. The van der Waals surface area contributed by atoms with E-state index < -0.39 is 11.5 Å².